The second kappa shape index (κ2) is 13.7. The summed E-state index contributed by atoms with van der Waals surface area (Å²) in [6.45, 7) is 0.984. The second-order valence-electron chi connectivity index (χ2n) is 10.0. The van der Waals surface area contributed by atoms with E-state index in [1.54, 1.807) is 12.1 Å². The third-order valence-corrected chi connectivity index (χ3v) is 7.80. The number of carbonyl (C=O) groups excluding carboxylic acids is 1. The maximum absolute atomic E-state index is 15.8. The SMILES string of the molecule is COCCOc1ccc(C(N)=O)c(-c2cc(C(CNC3CCC(C(=O)O)CC3)c3ccccc3)ccc2Cl)c1F. The Kier molecular flexibility index (Phi) is 10.1. The topological polar surface area (TPSA) is 111 Å². The molecule has 1 fully saturated rings. The van der Waals surface area contributed by atoms with Crippen molar-refractivity contribution in [3.8, 4) is 16.9 Å². The quantitative estimate of drug-likeness (QED) is 0.244. The van der Waals surface area contributed by atoms with Crippen molar-refractivity contribution in [1.82, 2.24) is 5.32 Å². The standard InChI is InChI=1S/C31H34ClFN2O5/c1-39-15-16-40-27-14-12-23(30(34)36)28(29(27)33)24-17-21(9-13-26(24)32)25(19-5-3-2-4-6-19)18-35-22-10-7-20(8-11-22)31(37)38/h2-6,9,12-14,17,20,22,25,35H,7-8,10-11,15-16,18H2,1H3,(H2,34,36)(H,37,38). The predicted molar refractivity (Wildman–Crippen MR) is 152 cm³/mol. The van der Waals surface area contributed by atoms with Gasteiger partial charge in [-0.25, -0.2) is 4.39 Å². The van der Waals surface area contributed by atoms with Crippen molar-refractivity contribution in [3.63, 3.8) is 0 Å². The molecular formula is C31H34ClFN2O5. The molecule has 40 heavy (non-hydrogen) atoms. The number of hydrogen-bond donors (Lipinski definition) is 3. The van der Waals surface area contributed by atoms with Gasteiger partial charge in [-0.2, -0.15) is 0 Å². The Bertz CT molecular complexity index is 1330. The van der Waals surface area contributed by atoms with Crippen LogP contribution < -0.4 is 15.8 Å². The molecule has 4 rings (SSSR count). The average molecular weight is 569 g/mol. The zero-order chi connectivity index (χ0) is 28.6. The number of benzene rings is 3. The van der Waals surface area contributed by atoms with Crippen molar-refractivity contribution >= 4 is 23.5 Å². The Balaban J connectivity index is 1.69. The molecule has 1 atom stereocenters. The van der Waals surface area contributed by atoms with Crippen molar-refractivity contribution in [1.29, 1.82) is 0 Å². The minimum absolute atomic E-state index is 0.000202. The molecule has 0 aliphatic heterocycles. The van der Waals surface area contributed by atoms with Crippen LogP contribution in [0.15, 0.2) is 60.7 Å². The molecule has 0 radical (unpaired) electrons. The number of halogens is 2. The van der Waals surface area contributed by atoms with E-state index in [2.05, 4.69) is 5.32 Å². The number of rotatable bonds is 12. The summed E-state index contributed by atoms with van der Waals surface area (Å²) in [5, 5.41) is 13.2. The first-order valence-corrected chi connectivity index (χ1v) is 13.7. The number of methoxy groups -OCH3 is 1. The van der Waals surface area contributed by atoms with Crippen LogP contribution in [0.1, 0.15) is 53.1 Å². The van der Waals surface area contributed by atoms with E-state index in [0.717, 1.165) is 24.0 Å². The molecular weight excluding hydrogens is 535 g/mol. The van der Waals surface area contributed by atoms with Gasteiger partial charge in [0.2, 0.25) is 5.91 Å². The van der Waals surface area contributed by atoms with Gasteiger partial charge in [-0.05, 0) is 61.1 Å². The van der Waals surface area contributed by atoms with E-state index < -0.39 is 17.7 Å². The minimum atomic E-state index is -0.781. The fourth-order valence-electron chi connectivity index (χ4n) is 5.27. The highest BCUT2D eigenvalue weighted by molar-refractivity contribution is 6.33. The number of aliphatic carboxylic acids is 1. The molecule has 9 heteroatoms. The van der Waals surface area contributed by atoms with Crippen LogP contribution in [0.3, 0.4) is 0 Å². The van der Waals surface area contributed by atoms with Gasteiger partial charge in [0, 0.05) is 41.8 Å². The van der Waals surface area contributed by atoms with E-state index in [-0.39, 0.29) is 53.0 Å². The molecule has 0 saturated heterocycles. The summed E-state index contributed by atoms with van der Waals surface area (Å²) in [7, 11) is 1.52. The first-order valence-electron chi connectivity index (χ1n) is 13.3. The molecule has 0 spiro atoms. The number of nitrogens with two attached hydrogens (primary N) is 1. The van der Waals surface area contributed by atoms with Crippen LogP contribution in [0, 0.1) is 11.7 Å². The van der Waals surface area contributed by atoms with Crippen LogP contribution in [0.25, 0.3) is 11.1 Å². The molecule has 212 valence electrons. The van der Waals surface area contributed by atoms with Crippen LogP contribution in [0.4, 0.5) is 4.39 Å². The molecule has 1 unspecified atom stereocenters. The molecule has 4 N–H and O–H groups in total. The summed E-state index contributed by atoms with van der Waals surface area (Å²) in [5.41, 5.74) is 7.88. The molecule has 0 aromatic heterocycles. The highest BCUT2D eigenvalue weighted by Gasteiger charge is 2.27. The maximum atomic E-state index is 15.8. The third-order valence-electron chi connectivity index (χ3n) is 7.47. The largest absolute Gasteiger partial charge is 0.488 e. The van der Waals surface area contributed by atoms with Crippen LogP contribution >= 0.6 is 11.6 Å². The van der Waals surface area contributed by atoms with Crippen LogP contribution in [-0.4, -0.2) is 49.9 Å². The lowest BCUT2D eigenvalue weighted by molar-refractivity contribution is -0.142. The number of ether oxygens (including phenoxy) is 2. The van der Waals surface area contributed by atoms with Crippen LogP contribution in [-0.2, 0) is 9.53 Å². The molecule has 0 heterocycles. The molecule has 1 aliphatic rings. The van der Waals surface area contributed by atoms with Crippen molar-refractivity contribution in [2.75, 3.05) is 26.9 Å². The first kappa shape index (κ1) is 29.5. The Morgan fingerprint density at radius 2 is 1.77 bits per heavy atom. The molecule has 3 aromatic carbocycles. The van der Waals surface area contributed by atoms with Gasteiger partial charge < -0.3 is 25.6 Å². The second-order valence-corrected chi connectivity index (χ2v) is 10.4. The number of carboxylic acid groups (broad SMARTS) is 1. The van der Waals surface area contributed by atoms with Gasteiger partial charge in [-0.3, -0.25) is 9.59 Å². The number of nitrogens with one attached hydrogen (secondary N) is 1. The summed E-state index contributed by atoms with van der Waals surface area (Å²) in [6, 6.07) is 18.3. The van der Waals surface area contributed by atoms with Gasteiger partial charge in [0.25, 0.3) is 0 Å². The number of carbonyl (C=O) groups is 2. The van der Waals surface area contributed by atoms with E-state index in [1.165, 1.54) is 19.2 Å². The van der Waals surface area contributed by atoms with E-state index in [4.69, 9.17) is 26.8 Å². The van der Waals surface area contributed by atoms with E-state index in [0.29, 0.717) is 24.9 Å². The van der Waals surface area contributed by atoms with Crippen molar-refractivity contribution in [3.05, 3.63) is 88.2 Å². The molecule has 1 aliphatic carbocycles. The van der Waals surface area contributed by atoms with Crippen molar-refractivity contribution in [2.24, 2.45) is 11.7 Å². The lowest BCUT2D eigenvalue weighted by atomic mass is 9.85. The highest BCUT2D eigenvalue weighted by Crippen LogP contribution is 2.39. The monoisotopic (exact) mass is 568 g/mol. The van der Waals surface area contributed by atoms with Gasteiger partial charge in [-0.15, -0.1) is 0 Å². The van der Waals surface area contributed by atoms with E-state index in [1.807, 2.05) is 36.4 Å². The average Bonchev–Trinajstić information content (AvgIpc) is 2.95. The number of carboxylic acids is 1. The van der Waals surface area contributed by atoms with Gasteiger partial charge >= 0.3 is 5.97 Å². The summed E-state index contributed by atoms with van der Waals surface area (Å²) >= 11 is 6.60. The molecule has 7 nitrogen and oxygen atoms in total. The molecule has 3 aromatic rings. The molecule has 1 amide bonds. The lowest BCUT2D eigenvalue weighted by Gasteiger charge is -2.29. The van der Waals surface area contributed by atoms with E-state index >= 15 is 4.39 Å². The van der Waals surface area contributed by atoms with Crippen molar-refractivity contribution < 1.29 is 28.6 Å². The van der Waals surface area contributed by atoms with Crippen LogP contribution in [0.5, 0.6) is 5.75 Å². The van der Waals surface area contributed by atoms with Gasteiger partial charge in [-0.1, -0.05) is 48.0 Å². The lowest BCUT2D eigenvalue weighted by Crippen LogP contribution is -2.37. The van der Waals surface area contributed by atoms with E-state index in [9.17, 15) is 14.7 Å². The maximum Gasteiger partial charge on any atom is 0.306 e. The Hall–Kier alpha value is -3.46. The van der Waals surface area contributed by atoms with Crippen LogP contribution in [0.2, 0.25) is 5.02 Å². The number of primary amides is 1. The smallest absolute Gasteiger partial charge is 0.306 e. The fraction of sp³-hybridized carbons (Fsp3) is 0.355. The predicted octanol–water partition coefficient (Wildman–Crippen LogP) is 5.64. The summed E-state index contributed by atoms with van der Waals surface area (Å²) in [4.78, 5) is 23.7. The summed E-state index contributed by atoms with van der Waals surface area (Å²) in [5.74, 6) is -2.67. The Morgan fingerprint density at radius 3 is 2.42 bits per heavy atom. The van der Waals surface area contributed by atoms with Gasteiger partial charge in [0.1, 0.15) is 6.61 Å². The highest BCUT2D eigenvalue weighted by atomic mass is 35.5. The van der Waals surface area contributed by atoms with Gasteiger partial charge in [0.05, 0.1) is 18.1 Å². The normalized spacial score (nSPS) is 17.8. The van der Waals surface area contributed by atoms with Crippen molar-refractivity contribution in [2.45, 2.75) is 37.6 Å². The Morgan fingerprint density at radius 1 is 1.05 bits per heavy atom. The zero-order valence-electron chi connectivity index (χ0n) is 22.4. The molecule has 1 saturated carbocycles. The van der Waals surface area contributed by atoms with Gasteiger partial charge in [0.15, 0.2) is 11.6 Å². The summed E-state index contributed by atoms with van der Waals surface area (Å²) in [6.07, 6.45) is 2.86. The Labute approximate surface area is 238 Å². The molecule has 0 bridgehead atoms. The number of amides is 1. The zero-order valence-corrected chi connectivity index (χ0v) is 23.1. The fourth-order valence-corrected chi connectivity index (χ4v) is 5.48. The first-order chi connectivity index (χ1) is 19.3. The third kappa shape index (κ3) is 6.99. The minimum Gasteiger partial charge on any atom is -0.488 e. The summed E-state index contributed by atoms with van der Waals surface area (Å²) < 4.78 is 26.4. The number of hydrogen-bond acceptors (Lipinski definition) is 5.